The molecule has 1 saturated heterocycles. The first-order chi connectivity index (χ1) is 11.2. The van der Waals surface area contributed by atoms with Crippen molar-refractivity contribution in [1.82, 2.24) is 5.06 Å². The van der Waals surface area contributed by atoms with Crippen molar-refractivity contribution >= 4 is 5.97 Å². The SMILES string of the molecule is CCCN1OC(C(=O)O)C(c2ccccc2)C1c1ccccc1. The number of carboxylic acid groups (broad SMARTS) is 1. The van der Waals surface area contributed by atoms with E-state index in [1.165, 1.54) is 0 Å². The molecule has 120 valence electrons. The Morgan fingerprint density at radius 2 is 1.61 bits per heavy atom. The number of hydrogen-bond acceptors (Lipinski definition) is 3. The Morgan fingerprint density at radius 3 is 2.13 bits per heavy atom. The molecule has 0 radical (unpaired) electrons. The maximum absolute atomic E-state index is 11.8. The second-order valence-electron chi connectivity index (χ2n) is 5.80. The van der Waals surface area contributed by atoms with Crippen molar-refractivity contribution in [3.8, 4) is 0 Å². The molecule has 1 heterocycles. The zero-order valence-corrected chi connectivity index (χ0v) is 13.1. The molecular formula is C19H21NO3. The molecule has 3 unspecified atom stereocenters. The van der Waals surface area contributed by atoms with Crippen molar-refractivity contribution in [2.24, 2.45) is 0 Å². The van der Waals surface area contributed by atoms with Crippen LogP contribution in [0.1, 0.15) is 36.4 Å². The van der Waals surface area contributed by atoms with Crippen LogP contribution in [-0.2, 0) is 9.63 Å². The minimum Gasteiger partial charge on any atom is -0.479 e. The molecule has 1 aliphatic heterocycles. The fourth-order valence-corrected chi connectivity index (χ4v) is 3.29. The largest absolute Gasteiger partial charge is 0.479 e. The summed E-state index contributed by atoms with van der Waals surface area (Å²) in [4.78, 5) is 17.6. The van der Waals surface area contributed by atoms with Gasteiger partial charge in [0.05, 0.1) is 6.04 Å². The summed E-state index contributed by atoms with van der Waals surface area (Å²) < 4.78 is 0. The lowest BCUT2D eigenvalue weighted by Gasteiger charge is -2.26. The molecule has 0 bridgehead atoms. The van der Waals surface area contributed by atoms with E-state index < -0.39 is 12.1 Å². The normalized spacial score (nSPS) is 24.7. The summed E-state index contributed by atoms with van der Waals surface area (Å²) in [5.41, 5.74) is 2.07. The van der Waals surface area contributed by atoms with Gasteiger partial charge >= 0.3 is 5.97 Å². The molecule has 4 heteroatoms. The molecule has 23 heavy (non-hydrogen) atoms. The van der Waals surface area contributed by atoms with Crippen molar-refractivity contribution in [3.63, 3.8) is 0 Å². The zero-order chi connectivity index (χ0) is 16.2. The summed E-state index contributed by atoms with van der Waals surface area (Å²) >= 11 is 0. The lowest BCUT2D eigenvalue weighted by atomic mass is 9.84. The van der Waals surface area contributed by atoms with E-state index in [0.717, 1.165) is 17.5 Å². The summed E-state index contributed by atoms with van der Waals surface area (Å²) in [5, 5.41) is 11.5. The third-order valence-electron chi connectivity index (χ3n) is 4.24. The van der Waals surface area contributed by atoms with E-state index in [1.54, 1.807) is 0 Å². The van der Waals surface area contributed by atoms with Crippen LogP contribution in [0, 0.1) is 0 Å². The van der Waals surface area contributed by atoms with Gasteiger partial charge in [-0.1, -0.05) is 67.6 Å². The summed E-state index contributed by atoms with van der Waals surface area (Å²) in [6.07, 6.45) is 0.0335. The molecular weight excluding hydrogens is 290 g/mol. The number of hydrogen-bond donors (Lipinski definition) is 1. The second kappa shape index (κ2) is 6.94. The molecule has 1 N–H and O–H groups in total. The maximum atomic E-state index is 11.8. The van der Waals surface area contributed by atoms with Gasteiger partial charge in [-0.05, 0) is 17.5 Å². The predicted molar refractivity (Wildman–Crippen MR) is 87.9 cm³/mol. The number of nitrogens with zero attached hydrogens (tertiary/aromatic N) is 1. The molecule has 0 saturated carbocycles. The Morgan fingerprint density at radius 1 is 1.04 bits per heavy atom. The molecule has 3 rings (SSSR count). The molecule has 2 aromatic rings. The van der Waals surface area contributed by atoms with E-state index in [2.05, 4.69) is 6.92 Å². The number of carbonyl (C=O) groups is 1. The van der Waals surface area contributed by atoms with Crippen LogP contribution >= 0.6 is 0 Å². The Labute approximate surface area is 136 Å². The van der Waals surface area contributed by atoms with Crippen molar-refractivity contribution in [2.45, 2.75) is 31.4 Å². The highest BCUT2D eigenvalue weighted by atomic mass is 16.7. The summed E-state index contributed by atoms with van der Waals surface area (Å²) in [5.74, 6) is -1.15. The minimum absolute atomic E-state index is 0.0975. The van der Waals surface area contributed by atoms with Crippen molar-refractivity contribution < 1.29 is 14.7 Å². The van der Waals surface area contributed by atoms with Gasteiger partial charge in [-0.2, -0.15) is 5.06 Å². The van der Waals surface area contributed by atoms with Gasteiger partial charge in [0, 0.05) is 12.5 Å². The van der Waals surface area contributed by atoms with Crippen LogP contribution in [0.25, 0.3) is 0 Å². The summed E-state index contributed by atoms with van der Waals surface area (Å²) in [7, 11) is 0. The van der Waals surface area contributed by atoms with Gasteiger partial charge in [0.2, 0.25) is 0 Å². The topological polar surface area (TPSA) is 49.8 Å². The van der Waals surface area contributed by atoms with Crippen molar-refractivity contribution in [3.05, 3.63) is 71.8 Å². The average Bonchev–Trinajstić information content (AvgIpc) is 2.96. The minimum atomic E-state index is -0.918. The van der Waals surface area contributed by atoms with E-state index in [4.69, 9.17) is 4.84 Å². The number of benzene rings is 2. The Hall–Kier alpha value is -2.17. The van der Waals surface area contributed by atoms with Crippen LogP contribution in [0.2, 0.25) is 0 Å². The fourth-order valence-electron chi connectivity index (χ4n) is 3.29. The van der Waals surface area contributed by atoms with Crippen LogP contribution in [0.4, 0.5) is 0 Å². The number of rotatable bonds is 5. The Bertz CT molecular complexity index is 644. The molecule has 2 aromatic carbocycles. The number of hydroxylamine groups is 2. The first-order valence-corrected chi connectivity index (χ1v) is 7.98. The van der Waals surface area contributed by atoms with Gasteiger partial charge in [0.15, 0.2) is 6.10 Å². The number of carboxylic acids is 1. The molecule has 0 aliphatic carbocycles. The van der Waals surface area contributed by atoms with Gasteiger partial charge < -0.3 is 5.11 Å². The van der Waals surface area contributed by atoms with Gasteiger partial charge in [-0.25, -0.2) is 4.79 Å². The van der Waals surface area contributed by atoms with E-state index >= 15 is 0 Å². The van der Waals surface area contributed by atoms with Crippen molar-refractivity contribution in [1.29, 1.82) is 0 Å². The molecule has 3 atom stereocenters. The van der Waals surface area contributed by atoms with Crippen LogP contribution < -0.4 is 0 Å². The van der Waals surface area contributed by atoms with Gasteiger partial charge in [-0.3, -0.25) is 4.84 Å². The standard InChI is InChI=1S/C19H21NO3/c1-2-13-20-17(15-11-7-4-8-12-15)16(18(23-20)19(21)22)14-9-5-3-6-10-14/h3-12,16-18H,2,13H2,1H3,(H,21,22). The zero-order valence-electron chi connectivity index (χ0n) is 13.1. The highest BCUT2D eigenvalue weighted by Crippen LogP contribution is 2.45. The Kier molecular flexibility index (Phi) is 4.74. The van der Waals surface area contributed by atoms with E-state index in [1.807, 2.05) is 65.7 Å². The highest BCUT2D eigenvalue weighted by Gasteiger charge is 2.48. The molecule has 0 spiro atoms. The fraction of sp³-hybridized carbons (Fsp3) is 0.316. The molecule has 1 aliphatic rings. The molecule has 1 fully saturated rings. The average molecular weight is 311 g/mol. The van der Waals surface area contributed by atoms with Gasteiger partial charge in [0.25, 0.3) is 0 Å². The lowest BCUT2D eigenvalue weighted by Crippen LogP contribution is -2.26. The van der Waals surface area contributed by atoms with Crippen LogP contribution in [-0.4, -0.2) is 28.8 Å². The summed E-state index contributed by atoms with van der Waals surface area (Å²) in [6.45, 7) is 2.77. The number of aliphatic carboxylic acids is 1. The van der Waals surface area contributed by atoms with Crippen molar-refractivity contribution in [2.75, 3.05) is 6.54 Å². The predicted octanol–water partition coefficient (Wildman–Crippen LogP) is 3.62. The molecule has 0 aromatic heterocycles. The maximum Gasteiger partial charge on any atom is 0.335 e. The van der Waals surface area contributed by atoms with Crippen LogP contribution in [0.15, 0.2) is 60.7 Å². The van der Waals surface area contributed by atoms with E-state index in [9.17, 15) is 9.90 Å². The smallest absolute Gasteiger partial charge is 0.335 e. The first-order valence-electron chi connectivity index (χ1n) is 7.98. The van der Waals surface area contributed by atoms with Gasteiger partial charge in [0.1, 0.15) is 0 Å². The Balaban J connectivity index is 2.06. The van der Waals surface area contributed by atoms with Crippen LogP contribution in [0.3, 0.4) is 0 Å². The monoisotopic (exact) mass is 311 g/mol. The van der Waals surface area contributed by atoms with Gasteiger partial charge in [-0.15, -0.1) is 0 Å². The summed E-state index contributed by atoms with van der Waals surface area (Å²) in [6, 6.07) is 19.7. The lowest BCUT2D eigenvalue weighted by molar-refractivity contribution is -0.185. The second-order valence-corrected chi connectivity index (χ2v) is 5.80. The third kappa shape index (κ3) is 3.14. The molecule has 0 amide bonds. The quantitative estimate of drug-likeness (QED) is 0.916. The first kappa shape index (κ1) is 15.7. The van der Waals surface area contributed by atoms with E-state index in [0.29, 0.717) is 6.54 Å². The highest BCUT2D eigenvalue weighted by molar-refractivity contribution is 5.74. The third-order valence-corrected chi connectivity index (χ3v) is 4.24. The van der Waals surface area contributed by atoms with Crippen LogP contribution in [0.5, 0.6) is 0 Å². The van der Waals surface area contributed by atoms with E-state index in [-0.39, 0.29) is 12.0 Å². The molecule has 4 nitrogen and oxygen atoms in total.